The molecule has 0 amide bonds. The van der Waals surface area contributed by atoms with Gasteiger partial charge in [-0.25, -0.2) is 0 Å². The fraction of sp³-hybridized carbons (Fsp3) is 0.750. The fourth-order valence-corrected chi connectivity index (χ4v) is 0.676. The monoisotopic (exact) mass is 143 g/mol. The van der Waals surface area contributed by atoms with Gasteiger partial charge in [0.05, 0.1) is 6.04 Å². The first-order valence-electron chi connectivity index (χ1n) is 3.76. The van der Waals surface area contributed by atoms with E-state index in [9.17, 15) is 0 Å². The van der Waals surface area contributed by atoms with E-state index in [4.69, 9.17) is 4.74 Å². The van der Waals surface area contributed by atoms with Crippen LogP contribution < -0.4 is 0 Å². The summed E-state index contributed by atoms with van der Waals surface area (Å²) in [4.78, 5) is 2.03. The highest BCUT2D eigenvalue weighted by molar-refractivity contribution is 4.90. The van der Waals surface area contributed by atoms with Crippen LogP contribution in [0.2, 0.25) is 0 Å². The molecular weight excluding hydrogens is 126 g/mol. The van der Waals surface area contributed by atoms with Gasteiger partial charge in [-0.3, -0.25) is 0 Å². The van der Waals surface area contributed by atoms with E-state index in [0.29, 0.717) is 6.04 Å². The minimum atomic E-state index is 0.502. The molecule has 1 rings (SSSR count). The summed E-state index contributed by atoms with van der Waals surface area (Å²) in [6, 6.07) is 0.502. The predicted molar refractivity (Wildman–Crippen MR) is 43.7 cm³/mol. The molecule has 1 aliphatic heterocycles. The summed E-state index contributed by atoms with van der Waals surface area (Å²) in [5, 5.41) is 0. The van der Waals surface area contributed by atoms with Gasteiger partial charge in [-0.05, 0) is 13.5 Å². The second-order valence-corrected chi connectivity index (χ2v) is 2.16. The lowest BCUT2D eigenvalue weighted by Gasteiger charge is -2.12. The van der Waals surface area contributed by atoms with E-state index in [0.717, 1.165) is 12.5 Å². The van der Waals surface area contributed by atoms with Crippen LogP contribution in [0.1, 0.15) is 20.8 Å². The van der Waals surface area contributed by atoms with E-state index >= 15 is 0 Å². The fourth-order valence-electron chi connectivity index (χ4n) is 0.676. The molecule has 60 valence electrons. The summed E-state index contributed by atoms with van der Waals surface area (Å²) < 4.78 is 5.11. The summed E-state index contributed by atoms with van der Waals surface area (Å²) >= 11 is 0. The van der Waals surface area contributed by atoms with Crippen molar-refractivity contribution in [3.63, 3.8) is 0 Å². The molecule has 0 spiro atoms. The number of likely N-dealkylation sites (N-methyl/N-ethyl adjacent to an activating group) is 1. The highest BCUT2D eigenvalue weighted by atomic mass is 16.5. The SMILES string of the molecule is C=C1OCC(C)N1C.CC. The van der Waals surface area contributed by atoms with Crippen LogP contribution in [-0.2, 0) is 4.74 Å². The Morgan fingerprint density at radius 1 is 1.60 bits per heavy atom. The lowest BCUT2D eigenvalue weighted by Crippen LogP contribution is -2.21. The van der Waals surface area contributed by atoms with E-state index in [1.165, 1.54) is 0 Å². The van der Waals surface area contributed by atoms with E-state index in [-0.39, 0.29) is 0 Å². The second-order valence-electron chi connectivity index (χ2n) is 2.16. The highest BCUT2D eigenvalue weighted by Crippen LogP contribution is 2.14. The Morgan fingerprint density at radius 3 is 2.20 bits per heavy atom. The first-order valence-corrected chi connectivity index (χ1v) is 3.76. The molecule has 0 aromatic rings. The van der Waals surface area contributed by atoms with E-state index in [2.05, 4.69) is 13.5 Å². The number of hydrogen-bond acceptors (Lipinski definition) is 2. The standard InChI is InChI=1S/C6H11NO.C2H6/c1-5-4-8-6(2)7(5)3;1-2/h5H,2,4H2,1,3H3;1-2H3. The Labute approximate surface area is 63.5 Å². The predicted octanol–water partition coefficient (Wildman–Crippen LogP) is 1.83. The molecule has 0 bridgehead atoms. The van der Waals surface area contributed by atoms with E-state index in [1.807, 2.05) is 25.8 Å². The van der Waals surface area contributed by atoms with Crippen molar-refractivity contribution in [2.45, 2.75) is 26.8 Å². The third kappa shape index (κ3) is 1.94. The quantitative estimate of drug-likeness (QED) is 0.513. The zero-order valence-electron chi connectivity index (χ0n) is 7.35. The summed E-state index contributed by atoms with van der Waals surface area (Å²) in [5.74, 6) is 0.789. The van der Waals surface area contributed by atoms with Gasteiger partial charge in [0.15, 0.2) is 5.88 Å². The Morgan fingerprint density at radius 2 is 2.10 bits per heavy atom. The summed E-state index contributed by atoms with van der Waals surface area (Å²) in [6.45, 7) is 10.6. The van der Waals surface area contributed by atoms with Crippen molar-refractivity contribution in [3.8, 4) is 0 Å². The average Bonchev–Trinajstić information content (AvgIpc) is 2.25. The van der Waals surface area contributed by atoms with Crippen LogP contribution in [0.3, 0.4) is 0 Å². The maximum Gasteiger partial charge on any atom is 0.181 e. The highest BCUT2D eigenvalue weighted by Gasteiger charge is 2.19. The number of ether oxygens (including phenoxy) is 1. The first kappa shape index (κ1) is 9.34. The van der Waals surface area contributed by atoms with Crippen molar-refractivity contribution >= 4 is 0 Å². The smallest absolute Gasteiger partial charge is 0.181 e. The zero-order valence-corrected chi connectivity index (χ0v) is 7.35. The topological polar surface area (TPSA) is 12.5 Å². The minimum absolute atomic E-state index is 0.502. The molecule has 1 unspecified atom stereocenters. The number of nitrogens with zero attached hydrogens (tertiary/aromatic N) is 1. The Balaban J connectivity index is 0.000000371. The molecule has 1 atom stereocenters. The maximum atomic E-state index is 5.11. The molecule has 2 nitrogen and oxygen atoms in total. The first-order chi connectivity index (χ1) is 4.72. The van der Waals surface area contributed by atoms with Crippen molar-refractivity contribution < 1.29 is 4.74 Å². The molecule has 1 saturated heterocycles. The molecule has 1 heterocycles. The molecule has 0 N–H and O–H groups in total. The molecule has 0 radical (unpaired) electrons. The normalized spacial score (nSPS) is 23.4. The molecule has 0 saturated carbocycles. The van der Waals surface area contributed by atoms with Crippen molar-refractivity contribution in [1.82, 2.24) is 4.90 Å². The lowest BCUT2D eigenvalue weighted by molar-refractivity contribution is 0.246. The second kappa shape index (κ2) is 4.20. The van der Waals surface area contributed by atoms with Gasteiger partial charge in [0.2, 0.25) is 0 Å². The van der Waals surface area contributed by atoms with Gasteiger partial charge in [0.1, 0.15) is 6.61 Å². The Bertz CT molecular complexity index is 112. The third-order valence-electron chi connectivity index (χ3n) is 1.55. The number of rotatable bonds is 0. The Hall–Kier alpha value is -0.660. The Kier molecular flexibility index (Phi) is 3.93. The lowest BCUT2D eigenvalue weighted by atomic mass is 10.4. The largest absolute Gasteiger partial charge is 0.477 e. The van der Waals surface area contributed by atoms with Crippen LogP contribution in [0.4, 0.5) is 0 Å². The average molecular weight is 143 g/mol. The minimum Gasteiger partial charge on any atom is -0.477 e. The van der Waals surface area contributed by atoms with Crippen molar-refractivity contribution in [1.29, 1.82) is 0 Å². The van der Waals surface area contributed by atoms with E-state index in [1.54, 1.807) is 0 Å². The van der Waals surface area contributed by atoms with Crippen LogP contribution in [0.15, 0.2) is 12.5 Å². The van der Waals surface area contributed by atoms with Crippen LogP contribution in [-0.4, -0.2) is 24.6 Å². The van der Waals surface area contributed by atoms with Crippen molar-refractivity contribution in [2.24, 2.45) is 0 Å². The van der Waals surface area contributed by atoms with Crippen LogP contribution >= 0.6 is 0 Å². The molecule has 0 aliphatic carbocycles. The van der Waals surface area contributed by atoms with Crippen LogP contribution in [0.25, 0.3) is 0 Å². The van der Waals surface area contributed by atoms with Gasteiger partial charge >= 0.3 is 0 Å². The van der Waals surface area contributed by atoms with Gasteiger partial charge in [0, 0.05) is 7.05 Å². The molecule has 1 fully saturated rings. The summed E-state index contributed by atoms with van der Waals surface area (Å²) in [5.41, 5.74) is 0. The van der Waals surface area contributed by atoms with Crippen LogP contribution in [0, 0.1) is 0 Å². The van der Waals surface area contributed by atoms with E-state index < -0.39 is 0 Å². The van der Waals surface area contributed by atoms with Crippen LogP contribution in [0.5, 0.6) is 0 Å². The number of hydrogen-bond donors (Lipinski definition) is 0. The molecule has 0 aromatic heterocycles. The molecular formula is C8H17NO. The van der Waals surface area contributed by atoms with Gasteiger partial charge in [-0.2, -0.15) is 0 Å². The summed E-state index contributed by atoms with van der Waals surface area (Å²) in [6.07, 6.45) is 0. The van der Waals surface area contributed by atoms with Gasteiger partial charge in [0.25, 0.3) is 0 Å². The third-order valence-corrected chi connectivity index (χ3v) is 1.55. The van der Waals surface area contributed by atoms with Gasteiger partial charge < -0.3 is 9.64 Å². The molecule has 1 aliphatic rings. The van der Waals surface area contributed by atoms with Gasteiger partial charge in [-0.15, -0.1) is 0 Å². The maximum absolute atomic E-state index is 5.11. The molecule has 0 aromatic carbocycles. The molecule has 10 heavy (non-hydrogen) atoms. The zero-order chi connectivity index (χ0) is 8.15. The molecule has 2 heteroatoms. The van der Waals surface area contributed by atoms with Crippen molar-refractivity contribution in [2.75, 3.05) is 13.7 Å². The summed E-state index contributed by atoms with van der Waals surface area (Å²) in [7, 11) is 1.99. The van der Waals surface area contributed by atoms with Gasteiger partial charge in [-0.1, -0.05) is 13.8 Å². The van der Waals surface area contributed by atoms with Crippen molar-refractivity contribution in [3.05, 3.63) is 12.5 Å².